The molecule has 0 aliphatic heterocycles. The van der Waals surface area contributed by atoms with Gasteiger partial charge in [-0.3, -0.25) is 4.79 Å². The maximum atomic E-state index is 12.1. The monoisotopic (exact) mass is 280 g/mol. The molecule has 0 atom stereocenters. The summed E-state index contributed by atoms with van der Waals surface area (Å²) in [7, 11) is 0. The average molecular weight is 280 g/mol. The minimum atomic E-state index is -0.00201. The number of hydrogen-bond donors (Lipinski definition) is 2. The van der Waals surface area contributed by atoms with E-state index in [2.05, 4.69) is 16.7 Å². The van der Waals surface area contributed by atoms with Crippen LogP contribution < -0.4 is 10.6 Å². The maximum absolute atomic E-state index is 12.1. The average Bonchev–Trinajstić information content (AvgIpc) is 2.54. The fourth-order valence-electron chi connectivity index (χ4n) is 2.83. The van der Waals surface area contributed by atoms with Crippen molar-refractivity contribution in [2.45, 2.75) is 25.7 Å². The van der Waals surface area contributed by atoms with Gasteiger partial charge >= 0.3 is 0 Å². The molecule has 1 aliphatic carbocycles. The predicted molar refractivity (Wildman–Crippen MR) is 86.6 cm³/mol. The first-order chi connectivity index (χ1) is 10.3. The lowest BCUT2D eigenvalue weighted by molar-refractivity contribution is -0.114. The Morgan fingerprint density at radius 2 is 1.76 bits per heavy atom. The standard InChI is InChI=1S/C18H20N2O/c21-18(13-19-15-9-2-1-3-10-15)20-17-12-6-8-14-7-4-5-11-16(14)17/h1-3,6,8-10,12,19H,4-5,7,11,13H2,(H,20,21). The van der Waals surface area contributed by atoms with E-state index >= 15 is 0 Å². The first-order valence-corrected chi connectivity index (χ1v) is 7.52. The van der Waals surface area contributed by atoms with Crippen molar-refractivity contribution in [3.05, 3.63) is 59.7 Å². The molecule has 3 nitrogen and oxygen atoms in total. The minimum absolute atomic E-state index is 0.00201. The topological polar surface area (TPSA) is 41.1 Å². The van der Waals surface area contributed by atoms with Crippen LogP contribution in [0.3, 0.4) is 0 Å². The van der Waals surface area contributed by atoms with Crippen molar-refractivity contribution in [2.24, 2.45) is 0 Å². The SMILES string of the molecule is O=C(CNc1ccccc1)Nc1cccc2c1CCCC2. The first-order valence-electron chi connectivity index (χ1n) is 7.52. The molecular weight excluding hydrogens is 260 g/mol. The Bertz CT molecular complexity index is 622. The van der Waals surface area contributed by atoms with Gasteiger partial charge in [0, 0.05) is 11.4 Å². The number of fused-ring (bicyclic) bond motifs is 1. The third kappa shape index (κ3) is 3.43. The molecule has 0 aromatic heterocycles. The second kappa shape index (κ2) is 6.44. The number of carbonyl (C=O) groups is 1. The van der Waals surface area contributed by atoms with Crippen molar-refractivity contribution >= 4 is 17.3 Å². The van der Waals surface area contributed by atoms with Crippen molar-refractivity contribution in [1.82, 2.24) is 0 Å². The predicted octanol–water partition coefficient (Wildman–Crippen LogP) is 3.62. The summed E-state index contributed by atoms with van der Waals surface area (Å²) in [6.07, 6.45) is 4.65. The number of para-hydroxylation sites is 1. The highest BCUT2D eigenvalue weighted by Gasteiger charge is 2.14. The molecule has 1 aliphatic rings. The summed E-state index contributed by atoms with van der Waals surface area (Å²) in [6.45, 7) is 0.285. The Labute approximate surface area is 125 Å². The molecule has 0 saturated heterocycles. The molecular formula is C18H20N2O. The molecule has 0 heterocycles. The van der Waals surface area contributed by atoms with Crippen LogP contribution in [0.1, 0.15) is 24.0 Å². The van der Waals surface area contributed by atoms with Crippen LogP contribution in [0.5, 0.6) is 0 Å². The van der Waals surface area contributed by atoms with Gasteiger partial charge in [-0.15, -0.1) is 0 Å². The summed E-state index contributed by atoms with van der Waals surface area (Å²) in [6, 6.07) is 16.0. The van der Waals surface area contributed by atoms with Crippen LogP contribution in [-0.2, 0) is 17.6 Å². The quantitative estimate of drug-likeness (QED) is 0.898. The highest BCUT2D eigenvalue weighted by molar-refractivity contribution is 5.94. The number of nitrogens with one attached hydrogen (secondary N) is 2. The zero-order valence-corrected chi connectivity index (χ0v) is 12.1. The van der Waals surface area contributed by atoms with Crippen molar-refractivity contribution < 1.29 is 4.79 Å². The van der Waals surface area contributed by atoms with E-state index in [0.29, 0.717) is 0 Å². The Kier molecular flexibility index (Phi) is 4.20. The molecule has 0 saturated carbocycles. The zero-order chi connectivity index (χ0) is 14.5. The van der Waals surface area contributed by atoms with Crippen molar-refractivity contribution in [3.8, 4) is 0 Å². The van der Waals surface area contributed by atoms with Crippen molar-refractivity contribution in [1.29, 1.82) is 0 Å². The molecule has 0 unspecified atom stereocenters. The fourth-order valence-corrected chi connectivity index (χ4v) is 2.83. The third-order valence-electron chi connectivity index (χ3n) is 3.90. The van der Waals surface area contributed by atoms with E-state index in [-0.39, 0.29) is 12.5 Å². The van der Waals surface area contributed by atoms with Gasteiger partial charge in [0.05, 0.1) is 6.54 Å². The molecule has 108 valence electrons. The summed E-state index contributed by atoms with van der Waals surface area (Å²) in [4.78, 5) is 12.1. The molecule has 21 heavy (non-hydrogen) atoms. The summed E-state index contributed by atoms with van der Waals surface area (Å²) in [5.74, 6) is -0.00201. The van der Waals surface area contributed by atoms with E-state index in [9.17, 15) is 4.79 Å². The van der Waals surface area contributed by atoms with Gasteiger partial charge in [-0.25, -0.2) is 0 Å². The number of anilines is 2. The van der Waals surface area contributed by atoms with Crippen molar-refractivity contribution in [2.75, 3.05) is 17.2 Å². The van der Waals surface area contributed by atoms with Gasteiger partial charge in [0.1, 0.15) is 0 Å². The third-order valence-corrected chi connectivity index (χ3v) is 3.90. The number of hydrogen-bond acceptors (Lipinski definition) is 2. The number of amides is 1. The van der Waals surface area contributed by atoms with E-state index in [0.717, 1.165) is 24.2 Å². The highest BCUT2D eigenvalue weighted by atomic mass is 16.1. The molecule has 3 heteroatoms. The second-order valence-corrected chi connectivity index (χ2v) is 5.42. The van der Waals surface area contributed by atoms with Crippen LogP contribution >= 0.6 is 0 Å². The van der Waals surface area contributed by atoms with Gasteiger partial charge in [0.25, 0.3) is 0 Å². The van der Waals surface area contributed by atoms with E-state index in [1.54, 1.807) is 0 Å². The van der Waals surface area contributed by atoms with Gasteiger partial charge in [-0.05, 0) is 55.0 Å². The van der Waals surface area contributed by atoms with Gasteiger partial charge < -0.3 is 10.6 Å². The summed E-state index contributed by atoms with van der Waals surface area (Å²) >= 11 is 0. The Hall–Kier alpha value is -2.29. The molecule has 2 N–H and O–H groups in total. The number of carbonyl (C=O) groups excluding carboxylic acids is 1. The smallest absolute Gasteiger partial charge is 0.243 e. The van der Waals surface area contributed by atoms with Crippen molar-refractivity contribution in [3.63, 3.8) is 0 Å². The molecule has 3 rings (SSSR count). The Morgan fingerprint density at radius 1 is 0.952 bits per heavy atom. The summed E-state index contributed by atoms with van der Waals surface area (Å²) in [5.41, 5.74) is 4.64. The number of rotatable bonds is 4. The van der Waals surface area contributed by atoms with E-state index < -0.39 is 0 Å². The molecule has 0 radical (unpaired) electrons. The number of aryl methyl sites for hydroxylation is 1. The lowest BCUT2D eigenvalue weighted by Gasteiger charge is -2.19. The molecule has 1 amide bonds. The maximum Gasteiger partial charge on any atom is 0.243 e. The molecule has 0 fully saturated rings. The highest BCUT2D eigenvalue weighted by Crippen LogP contribution is 2.27. The van der Waals surface area contributed by atoms with E-state index in [1.807, 2.05) is 42.5 Å². The van der Waals surface area contributed by atoms with Gasteiger partial charge in [0.15, 0.2) is 0 Å². The lowest BCUT2D eigenvalue weighted by Crippen LogP contribution is -2.23. The second-order valence-electron chi connectivity index (χ2n) is 5.42. The minimum Gasteiger partial charge on any atom is -0.376 e. The van der Waals surface area contributed by atoms with Crippen LogP contribution in [0.4, 0.5) is 11.4 Å². The van der Waals surface area contributed by atoms with Crippen LogP contribution in [0.2, 0.25) is 0 Å². The van der Waals surface area contributed by atoms with E-state index in [4.69, 9.17) is 0 Å². The largest absolute Gasteiger partial charge is 0.376 e. The molecule has 2 aromatic rings. The van der Waals surface area contributed by atoms with Gasteiger partial charge in [0.2, 0.25) is 5.91 Å². The van der Waals surface area contributed by atoms with Gasteiger partial charge in [-0.2, -0.15) is 0 Å². The molecule has 2 aromatic carbocycles. The van der Waals surface area contributed by atoms with E-state index in [1.165, 1.54) is 24.0 Å². The van der Waals surface area contributed by atoms with Crippen LogP contribution in [0, 0.1) is 0 Å². The normalized spacial score (nSPS) is 13.3. The molecule has 0 bridgehead atoms. The Balaban J connectivity index is 1.63. The van der Waals surface area contributed by atoms with Crippen LogP contribution in [0.15, 0.2) is 48.5 Å². The summed E-state index contributed by atoms with van der Waals surface area (Å²) in [5, 5.41) is 6.17. The zero-order valence-electron chi connectivity index (χ0n) is 12.1. The Morgan fingerprint density at radius 3 is 2.62 bits per heavy atom. The lowest BCUT2D eigenvalue weighted by atomic mass is 9.90. The molecule has 0 spiro atoms. The fraction of sp³-hybridized carbons (Fsp3) is 0.278. The van der Waals surface area contributed by atoms with Gasteiger partial charge in [-0.1, -0.05) is 30.3 Å². The summed E-state index contributed by atoms with van der Waals surface area (Å²) < 4.78 is 0. The first kappa shape index (κ1) is 13.7. The number of benzene rings is 2. The van der Waals surface area contributed by atoms with Crippen LogP contribution in [-0.4, -0.2) is 12.5 Å². The van der Waals surface area contributed by atoms with Crippen LogP contribution in [0.25, 0.3) is 0 Å².